The molecule has 1 unspecified atom stereocenters. The van der Waals surface area contributed by atoms with Crippen LogP contribution in [0.5, 0.6) is 0 Å². The zero-order valence-electron chi connectivity index (χ0n) is 14.2. The fourth-order valence-corrected chi connectivity index (χ4v) is 3.12. The van der Waals surface area contributed by atoms with Gasteiger partial charge in [0.1, 0.15) is 0 Å². The van der Waals surface area contributed by atoms with Crippen LogP contribution in [0.15, 0.2) is 30.3 Å². The minimum atomic E-state index is -2.32. The summed E-state index contributed by atoms with van der Waals surface area (Å²) in [5.74, 6) is -2.36. The molecule has 0 radical (unpaired) electrons. The molecule has 2 amide bonds. The average Bonchev–Trinajstić information content (AvgIpc) is 2.81. The van der Waals surface area contributed by atoms with Gasteiger partial charge in [0, 0.05) is 18.8 Å². The molecule has 1 saturated heterocycles. The van der Waals surface area contributed by atoms with Gasteiger partial charge >= 0.3 is 5.97 Å². The largest absolute Gasteiger partial charge is 0.465 e. The van der Waals surface area contributed by atoms with Gasteiger partial charge in [-0.1, -0.05) is 44.2 Å². The number of carbonyl (C=O) groups excluding carboxylic acids is 3. The van der Waals surface area contributed by atoms with Crippen LogP contribution in [-0.4, -0.2) is 40.6 Å². The van der Waals surface area contributed by atoms with Gasteiger partial charge in [0.2, 0.25) is 11.8 Å². The highest BCUT2D eigenvalue weighted by Gasteiger charge is 2.54. The highest BCUT2D eigenvalue weighted by Crippen LogP contribution is 2.32. The topological polar surface area (TPSA) is 83.9 Å². The standard InChI is InChI=1S/C18H23NO5/c1-12(2)9-14-10-15(20)19(16(14)21)18(23,17(22)24-3)11-13-7-5-4-6-8-13/h4-8,12,14,23H,9-11H2,1-3H3/t14?,18-/m1/s1. The number of carbonyl (C=O) groups is 3. The summed E-state index contributed by atoms with van der Waals surface area (Å²) >= 11 is 0. The van der Waals surface area contributed by atoms with E-state index in [4.69, 9.17) is 0 Å². The van der Waals surface area contributed by atoms with E-state index in [9.17, 15) is 19.5 Å². The van der Waals surface area contributed by atoms with E-state index in [2.05, 4.69) is 4.74 Å². The molecule has 0 aromatic heterocycles. The molecule has 1 aliphatic rings. The lowest BCUT2D eigenvalue weighted by molar-refractivity contribution is -0.192. The maximum absolute atomic E-state index is 12.6. The van der Waals surface area contributed by atoms with E-state index >= 15 is 0 Å². The van der Waals surface area contributed by atoms with Crippen molar-refractivity contribution in [2.45, 2.75) is 38.8 Å². The molecule has 0 aliphatic carbocycles. The first-order valence-corrected chi connectivity index (χ1v) is 8.01. The van der Waals surface area contributed by atoms with E-state index < -0.39 is 29.4 Å². The van der Waals surface area contributed by atoms with Gasteiger partial charge in [-0.2, -0.15) is 0 Å². The number of esters is 1. The summed E-state index contributed by atoms with van der Waals surface area (Å²) in [7, 11) is 1.12. The molecule has 1 fully saturated rings. The molecule has 1 N–H and O–H groups in total. The number of hydrogen-bond donors (Lipinski definition) is 1. The van der Waals surface area contributed by atoms with Gasteiger partial charge in [0.05, 0.1) is 7.11 Å². The Kier molecular flexibility index (Phi) is 5.39. The molecule has 24 heavy (non-hydrogen) atoms. The number of nitrogens with zero attached hydrogens (tertiary/aromatic N) is 1. The molecule has 1 heterocycles. The van der Waals surface area contributed by atoms with Crippen molar-refractivity contribution < 1.29 is 24.2 Å². The van der Waals surface area contributed by atoms with E-state index in [1.54, 1.807) is 30.3 Å². The Labute approximate surface area is 141 Å². The molecule has 1 aliphatic heterocycles. The summed E-state index contributed by atoms with van der Waals surface area (Å²) in [6.45, 7) is 3.91. The van der Waals surface area contributed by atoms with Crippen LogP contribution in [0.1, 0.15) is 32.3 Å². The van der Waals surface area contributed by atoms with Gasteiger partial charge in [-0.25, -0.2) is 9.69 Å². The summed E-state index contributed by atoms with van der Waals surface area (Å²) in [6, 6.07) is 8.73. The van der Waals surface area contributed by atoms with Crippen molar-refractivity contribution in [2.24, 2.45) is 11.8 Å². The summed E-state index contributed by atoms with van der Waals surface area (Å²) < 4.78 is 4.68. The van der Waals surface area contributed by atoms with E-state index in [1.807, 2.05) is 13.8 Å². The number of benzene rings is 1. The summed E-state index contributed by atoms with van der Waals surface area (Å²) in [5.41, 5.74) is -1.70. The lowest BCUT2D eigenvalue weighted by atomic mass is 9.95. The molecule has 2 rings (SSSR count). The SMILES string of the molecule is COC(=O)[C@](O)(Cc1ccccc1)N1C(=O)CC(CC(C)C)C1=O. The summed E-state index contributed by atoms with van der Waals surface area (Å²) in [6.07, 6.45) is 0.334. The van der Waals surface area contributed by atoms with Crippen molar-refractivity contribution in [1.82, 2.24) is 4.90 Å². The number of amides is 2. The molecule has 0 bridgehead atoms. The van der Waals surface area contributed by atoms with E-state index in [-0.39, 0.29) is 18.8 Å². The van der Waals surface area contributed by atoms with Gasteiger partial charge < -0.3 is 9.84 Å². The van der Waals surface area contributed by atoms with Crippen LogP contribution in [0.25, 0.3) is 0 Å². The first-order chi connectivity index (χ1) is 11.3. The second-order valence-electron chi connectivity index (χ2n) is 6.57. The van der Waals surface area contributed by atoms with Crippen LogP contribution in [0, 0.1) is 11.8 Å². The number of imide groups is 1. The summed E-state index contributed by atoms with van der Waals surface area (Å²) in [4.78, 5) is 37.9. The van der Waals surface area contributed by atoms with Crippen LogP contribution < -0.4 is 0 Å². The Morgan fingerprint density at radius 1 is 1.33 bits per heavy atom. The van der Waals surface area contributed by atoms with Crippen molar-refractivity contribution in [1.29, 1.82) is 0 Å². The number of methoxy groups -OCH3 is 1. The first kappa shape index (κ1) is 18.1. The van der Waals surface area contributed by atoms with Crippen molar-refractivity contribution in [3.8, 4) is 0 Å². The van der Waals surface area contributed by atoms with Crippen molar-refractivity contribution in [3.05, 3.63) is 35.9 Å². The van der Waals surface area contributed by atoms with Crippen molar-refractivity contribution >= 4 is 17.8 Å². The van der Waals surface area contributed by atoms with Gasteiger partial charge in [-0.3, -0.25) is 9.59 Å². The third-order valence-electron chi connectivity index (χ3n) is 4.17. The van der Waals surface area contributed by atoms with Crippen LogP contribution in [0.4, 0.5) is 0 Å². The Bertz CT molecular complexity index is 628. The molecular formula is C18H23NO5. The molecule has 2 atom stereocenters. The number of aliphatic hydroxyl groups is 1. The van der Waals surface area contributed by atoms with Crippen LogP contribution in [-0.2, 0) is 25.5 Å². The normalized spacial score (nSPS) is 20.4. The minimum Gasteiger partial charge on any atom is -0.465 e. The quantitative estimate of drug-likeness (QED) is 0.630. The number of rotatable bonds is 6. The number of likely N-dealkylation sites (tertiary alicyclic amines) is 1. The van der Waals surface area contributed by atoms with Gasteiger partial charge in [-0.15, -0.1) is 0 Å². The third kappa shape index (κ3) is 3.48. The van der Waals surface area contributed by atoms with Crippen LogP contribution >= 0.6 is 0 Å². The maximum Gasteiger partial charge on any atom is 0.360 e. The fourth-order valence-electron chi connectivity index (χ4n) is 3.12. The molecule has 6 nitrogen and oxygen atoms in total. The Balaban J connectivity index is 2.35. The average molecular weight is 333 g/mol. The highest BCUT2D eigenvalue weighted by molar-refractivity contribution is 6.07. The number of ether oxygens (including phenoxy) is 1. The second kappa shape index (κ2) is 7.13. The smallest absolute Gasteiger partial charge is 0.360 e. The highest BCUT2D eigenvalue weighted by atomic mass is 16.5. The Hall–Kier alpha value is -2.21. The van der Waals surface area contributed by atoms with Gasteiger partial charge in [0.15, 0.2) is 0 Å². The molecule has 1 aromatic rings. The number of hydrogen-bond acceptors (Lipinski definition) is 5. The predicted molar refractivity (Wildman–Crippen MR) is 86.5 cm³/mol. The Morgan fingerprint density at radius 2 is 1.96 bits per heavy atom. The van der Waals surface area contributed by atoms with Gasteiger partial charge in [0.25, 0.3) is 5.72 Å². The molecule has 6 heteroatoms. The van der Waals surface area contributed by atoms with E-state index in [0.717, 1.165) is 7.11 Å². The lowest BCUT2D eigenvalue weighted by Crippen LogP contribution is -2.59. The molecular weight excluding hydrogens is 310 g/mol. The Morgan fingerprint density at radius 3 is 2.50 bits per heavy atom. The molecule has 0 saturated carbocycles. The fraction of sp³-hybridized carbons (Fsp3) is 0.500. The molecule has 1 aromatic carbocycles. The monoisotopic (exact) mass is 333 g/mol. The lowest BCUT2D eigenvalue weighted by Gasteiger charge is -2.33. The predicted octanol–water partition coefficient (Wildman–Crippen LogP) is 1.51. The molecule has 130 valence electrons. The van der Waals surface area contributed by atoms with Crippen molar-refractivity contribution in [2.75, 3.05) is 7.11 Å². The summed E-state index contributed by atoms with van der Waals surface area (Å²) in [5, 5.41) is 10.9. The van der Waals surface area contributed by atoms with Crippen LogP contribution in [0.2, 0.25) is 0 Å². The van der Waals surface area contributed by atoms with Crippen LogP contribution in [0.3, 0.4) is 0 Å². The zero-order valence-corrected chi connectivity index (χ0v) is 14.2. The molecule has 0 spiro atoms. The van der Waals surface area contributed by atoms with E-state index in [0.29, 0.717) is 16.9 Å². The first-order valence-electron chi connectivity index (χ1n) is 8.01. The van der Waals surface area contributed by atoms with E-state index in [1.165, 1.54) is 0 Å². The second-order valence-corrected chi connectivity index (χ2v) is 6.57. The van der Waals surface area contributed by atoms with Crippen molar-refractivity contribution in [3.63, 3.8) is 0 Å². The third-order valence-corrected chi connectivity index (χ3v) is 4.17. The zero-order chi connectivity index (χ0) is 17.9. The minimum absolute atomic E-state index is 0.00507. The maximum atomic E-state index is 12.6. The van der Waals surface area contributed by atoms with Gasteiger partial charge in [-0.05, 0) is 17.9 Å².